The van der Waals surface area contributed by atoms with Crippen LogP contribution in [0.5, 0.6) is 0 Å². The summed E-state index contributed by atoms with van der Waals surface area (Å²) in [4.78, 5) is 2.93. The van der Waals surface area contributed by atoms with Crippen molar-refractivity contribution in [1.29, 1.82) is 5.26 Å². The van der Waals surface area contributed by atoms with E-state index in [1.54, 1.807) is 0 Å². The number of halogens is 3. The second kappa shape index (κ2) is 4.71. The summed E-state index contributed by atoms with van der Waals surface area (Å²) < 4.78 is 64.0. The van der Waals surface area contributed by atoms with E-state index < -0.39 is 22.0 Å². The van der Waals surface area contributed by atoms with Crippen molar-refractivity contribution in [1.82, 2.24) is 13.9 Å². The number of aromatic nitrogens is 2. The van der Waals surface area contributed by atoms with E-state index in [4.69, 9.17) is 5.26 Å². The summed E-state index contributed by atoms with van der Waals surface area (Å²) in [5, 5.41) is 8.88. The van der Waals surface area contributed by atoms with E-state index in [1.807, 2.05) is 0 Å². The fourth-order valence-electron chi connectivity index (χ4n) is 1.77. The Hall–Kier alpha value is -2.12. The number of nitrogens with zero attached hydrogens (tertiary/aromatic N) is 4. The second-order valence-electron chi connectivity index (χ2n) is 4.28. The molecule has 10 heteroatoms. The van der Waals surface area contributed by atoms with Gasteiger partial charge in [0.15, 0.2) is 6.19 Å². The van der Waals surface area contributed by atoms with E-state index >= 15 is 0 Å². The van der Waals surface area contributed by atoms with Gasteiger partial charge in [0.2, 0.25) is 15.8 Å². The maximum atomic E-state index is 12.9. The third-order valence-electron chi connectivity index (χ3n) is 2.76. The third kappa shape index (κ3) is 2.34. The first-order chi connectivity index (χ1) is 9.60. The van der Waals surface area contributed by atoms with Gasteiger partial charge in [-0.15, -0.1) is 0 Å². The van der Waals surface area contributed by atoms with Crippen LogP contribution in [0.25, 0.3) is 11.0 Å². The molecule has 21 heavy (non-hydrogen) atoms. The molecule has 0 saturated carbocycles. The molecule has 0 fully saturated rings. The van der Waals surface area contributed by atoms with Crippen LogP contribution in [0.1, 0.15) is 5.82 Å². The highest BCUT2D eigenvalue weighted by Gasteiger charge is 2.39. The van der Waals surface area contributed by atoms with Crippen molar-refractivity contribution in [2.45, 2.75) is 11.1 Å². The molecule has 0 bridgehead atoms. The van der Waals surface area contributed by atoms with Crippen LogP contribution in [0.3, 0.4) is 0 Å². The van der Waals surface area contributed by atoms with Crippen LogP contribution in [-0.4, -0.2) is 36.4 Å². The number of alkyl halides is 3. The first kappa shape index (κ1) is 15.3. The average molecular weight is 318 g/mol. The monoisotopic (exact) mass is 318 g/mol. The summed E-state index contributed by atoms with van der Waals surface area (Å²) in [5.74, 6) is -1.46. The lowest BCUT2D eigenvalue weighted by molar-refractivity contribution is -0.145. The van der Waals surface area contributed by atoms with Crippen molar-refractivity contribution < 1.29 is 21.6 Å². The number of para-hydroxylation sites is 1. The molecule has 0 saturated heterocycles. The molecule has 0 N–H and O–H groups in total. The molecule has 0 unspecified atom stereocenters. The summed E-state index contributed by atoms with van der Waals surface area (Å²) in [5.41, 5.74) is -0.604. The van der Waals surface area contributed by atoms with E-state index in [9.17, 15) is 21.6 Å². The minimum Gasteiger partial charge on any atom is -0.224 e. The van der Waals surface area contributed by atoms with Gasteiger partial charge in [-0.05, 0) is 12.1 Å². The zero-order chi connectivity index (χ0) is 16.0. The fraction of sp³-hybridized carbons (Fsp3) is 0.273. The van der Waals surface area contributed by atoms with Gasteiger partial charge in [-0.25, -0.2) is 22.3 Å². The van der Waals surface area contributed by atoms with Gasteiger partial charge in [0.25, 0.3) is 0 Å². The maximum absolute atomic E-state index is 12.9. The van der Waals surface area contributed by atoms with Gasteiger partial charge in [-0.2, -0.15) is 18.4 Å². The Labute approximate surface area is 118 Å². The smallest absolute Gasteiger partial charge is 0.224 e. The number of hydrogen-bond acceptors (Lipinski definition) is 4. The minimum atomic E-state index is -4.87. The quantitative estimate of drug-likeness (QED) is 0.843. The number of sulfonamides is 1. The molecule has 1 aromatic carbocycles. The predicted molar refractivity (Wildman–Crippen MR) is 66.6 cm³/mol. The van der Waals surface area contributed by atoms with Crippen LogP contribution in [0.2, 0.25) is 0 Å². The van der Waals surface area contributed by atoms with Crippen LogP contribution < -0.4 is 0 Å². The summed E-state index contributed by atoms with van der Waals surface area (Å²) >= 11 is 0. The Bertz CT molecular complexity index is 847. The van der Waals surface area contributed by atoms with Crippen molar-refractivity contribution in [3.8, 4) is 6.19 Å². The molecule has 1 aromatic heterocycles. The van der Waals surface area contributed by atoms with Crippen LogP contribution in [0.15, 0.2) is 23.1 Å². The Morgan fingerprint density at radius 1 is 1.33 bits per heavy atom. The summed E-state index contributed by atoms with van der Waals surface area (Å²) in [7, 11) is -1.48. The minimum absolute atomic E-state index is 0.215. The average Bonchev–Trinajstić information content (AvgIpc) is 2.76. The van der Waals surface area contributed by atoms with Gasteiger partial charge >= 0.3 is 6.18 Å². The molecule has 0 aliphatic heterocycles. The predicted octanol–water partition coefficient (Wildman–Crippen LogP) is 1.63. The van der Waals surface area contributed by atoms with Gasteiger partial charge in [-0.3, -0.25) is 0 Å². The number of benzene rings is 1. The third-order valence-corrected chi connectivity index (χ3v) is 4.61. The SMILES string of the molecule is CN(C)S(=O)(=O)c1cccc2c1nc(C(F)(F)F)n2C#N. The number of imidazole rings is 1. The lowest BCUT2D eigenvalue weighted by atomic mass is 10.3. The first-order valence-corrected chi connectivity index (χ1v) is 6.96. The fourth-order valence-corrected chi connectivity index (χ4v) is 2.81. The molecule has 112 valence electrons. The number of hydrogen-bond donors (Lipinski definition) is 0. The van der Waals surface area contributed by atoms with Crippen LogP contribution in [0.4, 0.5) is 13.2 Å². The summed E-state index contributed by atoms with van der Waals surface area (Å²) in [6.07, 6.45) is -3.51. The number of rotatable bonds is 2. The maximum Gasteiger partial charge on any atom is 0.450 e. The first-order valence-electron chi connectivity index (χ1n) is 5.52. The van der Waals surface area contributed by atoms with Crippen molar-refractivity contribution in [3.63, 3.8) is 0 Å². The molecule has 0 amide bonds. The number of fused-ring (bicyclic) bond motifs is 1. The van der Waals surface area contributed by atoms with E-state index in [1.165, 1.54) is 32.4 Å². The van der Waals surface area contributed by atoms with Crippen LogP contribution in [-0.2, 0) is 16.2 Å². The number of nitriles is 1. The second-order valence-corrected chi connectivity index (χ2v) is 6.40. The van der Waals surface area contributed by atoms with Gasteiger partial charge in [0.05, 0.1) is 5.52 Å². The summed E-state index contributed by atoms with van der Waals surface area (Å²) in [6.45, 7) is 0. The Balaban J connectivity index is 2.92. The zero-order valence-corrected chi connectivity index (χ0v) is 11.7. The van der Waals surface area contributed by atoms with Gasteiger partial charge in [0.1, 0.15) is 10.4 Å². The van der Waals surface area contributed by atoms with Crippen LogP contribution in [0, 0.1) is 11.5 Å². The Morgan fingerprint density at radius 2 is 1.95 bits per heavy atom. The summed E-state index contributed by atoms with van der Waals surface area (Å²) in [6, 6.07) is 3.61. The lowest BCUT2D eigenvalue weighted by Crippen LogP contribution is -2.22. The molecular formula is C11H9F3N4O2S. The highest BCUT2D eigenvalue weighted by molar-refractivity contribution is 7.89. The molecule has 6 nitrogen and oxygen atoms in total. The molecule has 2 rings (SSSR count). The van der Waals surface area contributed by atoms with Crippen molar-refractivity contribution in [3.05, 3.63) is 24.0 Å². The normalized spacial score (nSPS) is 12.8. The Kier molecular flexibility index (Phi) is 3.43. The molecule has 0 spiro atoms. The highest BCUT2D eigenvalue weighted by Crippen LogP contribution is 2.33. The topological polar surface area (TPSA) is 79.0 Å². The van der Waals surface area contributed by atoms with E-state index in [0.717, 1.165) is 10.4 Å². The Morgan fingerprint density at radius 3 is 2.43 bits per heavy atom. The van der Waals surface area contributed by atoms with E-state index in [0.29, 0.717) is 0 Å². The van der Waals surface area contributed by atoms with Crippen LogP contribution >= 0.6 is 0 Å². The zero-order valence-electron chi connectivity index (χ0n) is 10.9. The lowest BCUT2D eigenvalue weighted by Gasteiger charge is -2.11. The molecule has 0 aliphatic rings. The van der Waals surface area contributed by atoms with Gasteiger partial charge in [-0.1, -0.05) is 6.07 Å². The van der Waals surface area contributed by atoms with Gasteiger partial charge < -0.3 is 0 Å². The molecule has 2 aromatic rings. The molecule has 0 radical (unpaired) electrons. The van der Waals surface area contributed by atoms with Crippen molar-refractivity contribution in [2.24, 2.45) is 0 Å². The molecule has 1 heterocycles. The molecular weight excluding hydrogens is 309 g/mol. The van der Waals surface area contributed by atoms with Crippen molar-refractivity contribution >= 4 is 21.1 Å². The molecule has 0 atom stereocenters. The largest absolute Gasteiger partial charge is 0.450 e. The molecule has 0 aliphatic carbocycles. The van der Waals surface area contributed by atoms with E-state index in [-0.39, 0.29) is 20.5 Å². The van der Waals surface area contributed by atoms with Crippen molar-refractivity contribution in [2.75, 3.05) is 14.1 Å². The van der Waals surface area contributed by atoms with E-state index in [2.05, 4.69) is 4.98 Å². The standard InChI is InChI=1S/C11H9F3N4O2S/c1-17(2)21(19,20)8-5-3-4-7-9(8)16-10(11(12,13)14)18(7)6-15/h3-5H,1-2H3. The van der Waals surface area contributed by atoms with Gasteiger partial charge in [0, 0.05) is 14.1 Å². The highest BCUT2D eigenvalue weighted by atomic mass is 32.2.